The second-order valence-electron chi connectivity index (χ2n) is 8.59. The zero-order valence-electron chi connectivity index (χ0n) is 17.8. The van der Waals surface area contributed by atoms with Crippen molar-refractivity contribution in [1.82, 2.24) is 4.98 Å². The summed E-state index contributed by atoms with van der Waals surface area (Å²) in [4.78, 5) is 20.0. The number of benzene rings is 1. The lowest BCUT2D eigenvalue weighted by atomic mass is 9.73. The first-order valence-electron chi connectivity index (χ1n) is 10.6. The van der Waals surface area contributed by atoms with Crippen molar-refractivity contribution in [2.75, 3.05) is 0 Å². The van der Waals surface area contributed by atoms with Gasteiger partial charge in [-0.05, 0) is 75.1 Å². The van der Waals surface area contributed by atoms with Crippen molar-refractivity contribution in [3.63, 3.8) is 0 Å². The number of hydrogen-bond acceptors (Lipinski definition) is 3. The third-order valence-corrected chi connectivity index (χ3v) is 7.58. The lowest BCUT2D eigenvalue weighted by Crippen LogP contribution is -2.34. The van der Waals surface area contributed by atoms with E-state index in [0.29, 0.717) is 6.42 Å². The van der Waals surface area contributed by atoms with Gasteiger partial charge >= 0.3 is 5.97 Å². The number of rotatable bonds is 5. The van der Waals surface area contributed by atoms with E-state index in [0.717, 1.165) is 46.5 Å². The molecular formula is C25H29NO2S. The number of pyridine rings is 1. The molecule has 152 valence electrons. The molecule has 1 aliphatic carbocycles. The Morgan fingerprint density at radius 2 is 1.86 bits per heavy atom. The van der Waals surface area contributed by atoms with Gasteiger partial charge in [-0.3, -0.25) is 4.79 Å². The third-order valence-electron chi connectivity index (χ3n) is 6.40. The second-order valence-corrected chi connectivity index (χ2v) is 9.68. The number of carboxylic acids is 1. The molecule has 3 nitrogen and oxygen atoms in total. The Labute approximate surface area is 176 Å². The summed E-state index contributed by atoms with van der Waals surface area (Å²) in [5.74, 6) is -0.763. The first-order chi connectivity index (χ1) is 13.9. The van der Waals surface area contributed by atoms with E-state index in [9.17, 15) is 9.90 Å². The first kappa shape index (κ1) is 20.1. The number of fused-ring (bicyclic) bond motifs is 3. The molecule has 0 spiro atoms. The lowest BCUT2D eigenvalue weighted by molar-refractivity contribution is -0.143. The smallest absolute Gasteiger partial charge is 0.313 e. The number of thiophene rings is 1. The maximum atomic E-state index is 12.5. The highest BCUT2D eigenvalue weighted by atomic mass is 32.1. The molecule has 1 atom stereocenters. The number of nitrogens with zero attached hydrogens (tertiary/aromatic N) is 1. The van der Waals surface area contributed by atoms with Gasteiger partial charge in [0.1, 0.15) is 4.83 Å². The summed E-state index contributed by atoms with van der Waals surface area (Å²) in [6, 6.07) is 8.54. The predicted molar refractivity (Wildman–Crippen MR) is 121 cm³/mol. The lowest BCUT2D eigenvalue weighted by Gasteiger charge is -2.30. The van der Waals surface area contributed by atoms with Crippen molar-refractivity contribution < 1.29 is 9.90 Å². The van der Waals surface area contributed by atoms with Gasteiger partial charge in [-0.25, -0.2) is 4.98 Å². The Morgan fingerprint density at radius 1 is 1.17 bits per heavy atom. The summed E-state index contributed by atoms with van der Waals surface area (Å²) >= 11 is 1.81. The van der Waals surface area contributed by atoms with Gasteiger partial charge in [0.25, 0.3) is 0 Å². The van der Waals surface area contributed by atoms with E-state index in [2.05, 4.69) is 38.1 Å². The quantitative estimate of drug-likeness (QED) is 0.518. The van der Waals surface area contributed by atoms with Crippen molar-refractivity contribution in [2.45, 2.75) is 71.6 Å². The van der Waals surface area contributed by atoms with Crippen LogP contribution in [0.2, 0.25) is 0 Å². The van der Waals surface area contributed by atoms with Crippen LogP contribution in [0.15, 0.2) is 24.3 Å². The van der Waals surface area contributed by atoms with Gasteiger partial charge in [0.05, 0.1) is 5.41 Å². The first-order valence-corrected chi connectivity index (χ1v) is 11.4. The summed E-state index contributed by atoms with van der Waals surface area (Å²) in [7, 11) is 0. The number of aromatic nitrogens is 1. The minimum absolute atomic E-state index is 0.599. The molecule has 29 heavy (non-hydrogen) atoms. The zero-order valence-corrected chi connectivity index (χ0v) is 18.6. The fraction of sp³-hybridized carbons (Fsp3) is 0.440. The van der Waals surface area contributed by atoms with Crippen LogP contribution < -0.4 is 0 Å². The van der Waals surface area contributed by atoms with Gasteiger partial charge in [0, 0.05) is 16.0 Å². The summed E-state index contributed by atoms with van der Waals surface area (Å²) in [6.07, 6.45) is 6.02. The van der Waals surface area contributed by atoms with Crippen molar-refractivity contribution in [1.29, 1.82) is 0 Å². The average Bonchev–Trinajstić information content (AvgIpc) is 3.05. The van der Waals surface area contributed by atoms with Crippen LogP contribution in [0.3, 0.4) is 0 Å². The molecule has 4 rings (SSSR count). The molecule has 3 aromatic rings. The maximum Gasteiger partial charge on any atom is 0.313 e. The minimum atomic E-state index is -0.955. The number of carbonyl (C=O) groups is 1. The van der Waals surface area contributed by atoms with Gasteiger partial charge in [0.2, 0.25) is 0 Å². The Morgan fingerprint density at radius 3 is 2.52 bits per heavy atom. The summed E-state index contributed by atoms with van der Waals surface area (Å²) in [5, 5.41) is 11.5. The normalized spacial score (nSPS) is 15.9. The topological polar surface area (TPSA) is 50.2 Å². The van der Waals surface area contributed by atoms with Gasteiger partial charge in [-0.15, -0.1) is 11.3 Å². The Bertz CT molecular complexity index is 1080. The molecule has 0 saturated carbocycles. The monoisotopic (exact) mass is 407 g/mol. The van der Waals surface area contributed by atoms with E-state index in [4.69, 9.17) is 4.98 Å². The molecule has 1 aromatic carbocycles. The molecule has 1 unspecified atom stereocenters. The van der Waals surface area contributed by atoms with Gasteiger partial charge in [0.15, 0.2) is 0 Å². The maximum absolute atomic E-state index is 12.5. The molecule has 0 aliphatic heterocycles. The van der Waals surface area contributed by atoms with Crippen LogP contribution in [0.5, 0.6) is 0 Å². The zero-order chi connectivity index (χ0) is 20.8. The van der Waals surface area contributed by atoms with Crippen molar-refractivity contribution >= 4 is 27.5 Å². The average molecular weight is 408 g/mol. The van der Waals surface area contributed by atoms with E-state index < -0.39 is 11.4 Å². The highest BCUT2D eigenvalue weighted by molar-refractivity contribution is 7.19. The SMILES string of the molecule is CCCC(C)(C(=O)O)c1c(C)nc2sc3c(c2c1-c1ccc(C)cc1)CCCC3. The molecule has 4 heteroatoms. The molecule has 0 bridgehead atoms. The number of aliphatic carboxylic acids is 1. The molecule has 0 saturated heterocycles. The number of carboxylic acid groups (broad SMARTS) is 1. The van der Waals surface area contributed by atoms with Crippen LogP contribution >= 0.6 is 11.3 Å². The van der Waals surface area contributed by atoms with Gasteiger partial charge in [-0.1, -0.05) is 43.2 Å². The van der Waals surface area contributed by atoms with Gasteiger partial charge in [-0.2, -0.15) is 0 Å². The van der Waals surface area contributed by atoms with Crippen LogP contribution in [0, 0.1) is 13.8 Å². The Balaban J connectivity index is 2.15. The molecule has 0 radical (unpaired) electrons. The Hall–Kier alpha value is -2.20. The van der Waals surface area contributed by atoms with E-state index >= 15 is 0 Å². The third kappa shape index (κ3) is 3.28. The molecule has 1 aliphatic rings. The molecule has 0 fully saturated rings. The molecule has 1 N–H and O–H groups in total. The summed E-state index contributed by atoms with van der Waals surface area (Å²) < 4.78 is 0. The molecular weight excluding hydrogens is 378 g/mol. The molecule has 2 heterocycles. The Kier molecular flexibility index (Phi) is 5.24. The van der Waals surface area contributed by atoms with Gasteiger partial charge < -0.3 is 5.11 Å². The molecule has 2 aromatic heterocycles. The largest absolute Gasteiger partial charge is 0.481 e. The minimum Gasteiger partial charge on any atom is -0.481 e. The highest BCUT2D eigenvalue weighted by Crippen LogP contribution is 2.47. The summed E-state index contributed by atoms with van der Waals surface area (Å²) in [6.45, 7) is 8.01. The van der Waals surface area contributed by atoms with Crippen molar-refractivity contribution in [3.8, 4) is 11.1 Å². The molecule has 0 amide bonds. The fourth-order valence-electron chi connectivity index (χ4n) is 4.93. The van der Waals surface area contributed by atoms with Crippen molar-refractivity contribution in [2.24, 2.45) is 0 Å². The van der Waals surface area contributed by atoms with E-state index in [1.807, 2.05) is 25.2 Å². The van der Waals surface area contributed by atoms with Crippen LogP contribution in [0.4, 0.5) is 0 Å². The number of aryl methyl sites for hydroxylation is 4. The predicted octanol–water partition coefficient (Wildman–Crippen LogP) is 6.60. The fourth-order valence-corrected chi connectivity index (χ4v) is 6.24. The van der Waals surface area contributed by atoms with Crippen LogP contribution in [0.25, 0.3) is 21.3 Å². The highest BCUT2D eigenvalue weighted by Gasteiger charge is 2.40. The van der Waals surface area contributed by atoms with Crippen molar-refractivity contribution in [3.05, 3.63) is 51.5 Å². The van der Waals surface area contributed by atoms with Crippen LogP contribution in [0.1, 0.15) is 66.8 Å². The summed E-state index contributed by atoms with van der Waals surface area (Å²) in [5.41, 5.74) is 5.62. The standard InChI is InChI=1S/C25H29NO2S/c1-5-14-25(4,24(27)28)22-16(3)26-23-21(18-8-6-7-9-19(18)29-23)20(22)17-12-10-15(2)11-13-17/h10-13H,5-9,14H2,1-4H3,(H,27,28). The van der Waals surface area contributed by atoms with E-state index in [1.54, 1.807) is 0 Å². The van der Waals surface area contributed by atoms with Crippen LogP contribution in [-0.4, -0.2) is 16.1 Å². The second kappa shape index (κ2) is 7.56. The van der Waals surface area contributed by atoms with E-state index in [-0.39, 0.29) is 0 Å². The number of hydrogen-bond donors (Lipinski definition) is 1. The van der Waals surface area contributed by atoms with Crippen LogP contribution in [-0.2, 0) is 23.1 Å². The van der Waals surface area contributed by atoms with E-state index in [1.165, 1.54) is 34.2 Å².